The highest BCUT2D eigenvalue weighted by atomic mass is 16.5. The van der Waals surface area contributed by atoms with Crippen LogP contribution in [-0.4, -0.2) is 36.6 Å². The molecule has 0 heterocycles. The second kappa shape index (κ2) is 8.97. The zero-order valence-corrected chi connectivity index (χ0v) is 11.0. The largest absolute Gasteiger partial charge is 0.396 e. The second-order valence-corrected chi connectivity index (χ2v) is 5.11. The Labute approximate surface area is 99.8 Å². The van der Waals surface area contributed by atoms with Gasteiger partial charge in [0.1, 0.15) is 0 Å². The van der Waals surface area contributed by atoms with Crippen molar-refractivity contribution in [1.82, 2.24) is 0 Å². The molecule has 0 saturated heterocycles. The van der Waals surface area contributed by atoms with Crippen molar-refractivity contribution in [3.63, 3.8) is 0 Å². The van der Waals surface area contributed by atoms with Crippen molar-refractivity contribution in [2.24, 2.45) is 11.3 Å². The van der Waals surface area contributed by atoms with E-state index in [0.29, 0.717) is 12.5 Å². The zero-order valence-electron chi connectivity index (χ0n) is 11.0. The third-order valence-corrected chi connectivity index (χ3v) is 3.07. The highest BCUT2D eigenvalue weighted by Crippen LogP contribution is 2.27. The van der Waals surface area contributed by atoms with E-state index in [1.165, 1.54) is 0 Å². The van der Waals surface area contributed by atoms with Crippen LogP contribution in [0.5, 0.6) is 0 Å². The molecule has 0 radical (unpaired) electrons. The van der Waals surface area contributed by atoms with Gasteiger partial charge in [-0.15, -0.1) is 0 Å². The summed E-state index contributed by atoms with van der Waals surface area (Å²) >= 11 is 0. The van der Waals surface area contributed by atoms with Crippen LogP contribution in [0.25, 0.3) is 0 Å². The Hall–Kier alpha value is -0.120. The molecule has 0 amide bonds. The summed E-state index contributed by atoms with van der Waals surface area (Å²) in [4.78, 5) is 0. The van der Waals surface area contributed by atoms with Crippen LogP contribution in [0.15, 0.2) is 0 Å². The van der Waals surface area contributed by atoms with E-state index in [9.17, 15) is 10.2 Å². The van der Waals surface area contributed by atoms with Gasteiger partial charge in [0, 0.05) is 18.6 Å². The first-order chi connectivity index (χ1) is 7.60. The molecular formula is C13H28O3. The average Bonchev–Trinajstić information content (AvgIpc) is 2.27. The molecule has 0 bridgehead atoms. The number of ether oxygens (including phenoxy) is 1. The molecule has 0 aromatic rings. The first kappa shape index (κ1) is 15.9. The van der Waals surface area contributed by atoms with Crippen molar-refractivity contribution in [1.29, 1.82) is 0 Å². The molecule has 0 aliphatic heterocycles. The molecule has 0 fully saturated rings. The minimum Gasteiger partial charge on any atom is -0.396 e. The third kappa shape index (κ3) is 6.46. The van der Waals surface area contributed by atoms with Crippen LogP contribution in [0.1, 0.15) is 46.5 Å². The van der Waals surface area contributed by atoms with Crippen LogP contribution < -0.4 is 0 Å². The summed E-state index contributed by atoms with van der Waals surface area (Å²) in [6.07, 6.45) is 3.64. The van der Waals surface area contributed by atoms with Gasteiger partial charge in [0.2, 0.25) is 0 Å². The van der Waals surface area contributed by atoms with E-state index in [1.807, 2.05) is 0 Å². The first-order valence-corrected chi connectivity index (χ1v) is 6.39. The molecule has 16 heavy (non-hydrogen) atoms. The zero-order chi connectivity index (χ0) is 12.4. The van der Waals surface area contributed by atoms with Gasteiger partial charge in [-0.25, -0.2) is 0 Å². The van der Waals surface area contributed by atoms with Crippen LogP contribution >= 0.6 is 0 Å². The summed E-state index contributed by atoms with van der Waals surface area (Å²) in [5, 5.41) is 18.7. The highest BCUT2D eigenvalue weighted by molar-refractivity contribution is 4.77. The van der Waals surface area contributed by atoms with E-state index in [-0.39, 0.29) is 18.6 Å². The Kier molecular flexibility index (Phi) is 8.90. The smallest absolute Gasteiger partial charge is 0.0510 e. The fourth-order valence-electron chi connectivity index (χ4n) is 1.73. The van der Waals surface area contributed by atoms with Gasteiger partial charge in [0.25, 0.3) is 0 Å². The summed E-state index contributed by atoms with van der Waals surface area (Å²) in [5.41, 5.74) is -0.341. The molecule has 0 atom stereocenters. The monoisotopic (exact) mass is 232 g/mol. The Morgan fingerprint density at radius 1 is 1.06 bits per heavy atom. The molecule has 0 rings (SSSR count). The van der Waals surface area contributed by atoms with Gasteiger partial charge in [0.15, 0.2) is 0 Å². The minimum absolute atomic E-state index is 0.0465. The fourth-order valence-corrected chi connectivity index (χ4v) is 1.73. The van der Waals surface area contributed by atoms with Crippen molar-refractivity contribution in [3.05, 3.63) is 0 Å². The van der Waals surface area contributed by atoms with Gasteiger partial charge in [0.05, 0.1) is 13.2 Å². The van der Waals surface area contributed by atoms with Crippen LogP contribution in [0.2, 0.25) is 0 Å². The molecule has 0 spiro atoms. The molecule has 0 aliphatic rings. The molecule has 0 aromatic heterocycles. The van der Waals surface area contributed by atoms with E-state index in [2.05, 4.69) is 20.8 Å². The van der Waals surface area contributed by atoms with Gasteiger partial charge < -0.3 is 14.9 Å². The lowest BCUT2D eigenvalue weighted by Crippen LogP contribution is -2.31. The van der Waals surface area contributed by atoms with E-state index >= 15 is 0 Å². The van der Waals surface area contributed by atoms with Crippen molar-refractivity contribution in [2.75, 3.05) is 26.4 Å². The number of hydrogen-bond donors (Lipinski definition) is 2. The summed E-state index contributed by atoms with van der Waals surface area (Å²) in [6, 6.07) is 0. The van der Waals surface area contributed by atoms with E-state index in [4.69, 9.17) is 4.74 Å². The van der Waals surface area contributed by atoms with E-state index < -0.39 is 0 Å². The molecule has 0 aromatic carbocycles. The first-order valence-electron chi connectivity index (χ1n) is 6.39. The van der Waals surface area contributed by atoms with E-state index in [1.54, 1.807) is 0 Å². The molecule has 0 unspecified atom stereocenters. The maximum Gasteiger partial charge on any atom is 0.0510 e. The maximum atomic E-state index is 9.34. The van der Waals surface area contributed by atoms with Crippen LogP contribution in [0.4, 0.5) is 0 Å². The fraction of sp³-hybridized carbons (Fsp3) is 1.00. The van der Waals surface area contributed by atoms with Crippen molar-refractivity contribution in [2.45, 2.75) is 46.5 Å². The third-order valence-electron chi connectivity index (χ3n) is 3.07. The summed E-state index contributed by atoms with van der Waals surface area (Å²) in [5.74, 6) is 0.663. The van der Waals surface area contributed by atoms with E-state index in [0.717, 1.165) is 32.3 Å². The molecule has 3 heteroatoms. The van der Waals surface area contributed by atoms with Crippen LogP contribution in [-0.2, 0) is 4.74 Å². The minimum atomic E-state index is -0.341. The molecular weight excluding hydrogens is 204 g/mol. The van der Waals surface area contributed by atoms with Gasteiger partial charge >= 0.3 is 0 Å². The average molecular weight is 232 g/mol. The molecule has 2 N–H and O–H groups in total. The topological polar surface area (TPSA) is 49.7 Å². The van der Waals surface area contributed by atoms with Gasteiger partial charge in [-0.3, -0.25) is 0 Å². The predicted molar refractivity (Wildman–Crippen MR) is 66.4 cm³/mol. The quantitative estimate of drug-likeness (QED) is 0.568. The molecule has 0 aliphatic carbocycles. The summed E-state index contributed by atoms with van der Waals surface area (Å²) < 4.78 is 5.53. The molecule has 3 nitrogen and oxygen atoms in total. The van der Waals surface area contributed by atoms with Crippen molar-refractivity contribution >= 4 is 0 Å². The predicted octanol–water partition coefficient (Wildman–Crippen LogP) is 2.21. The Balaban J connectivity index is 3.75. The summed E-state index contributed by atoms with van der Waals surface area (Å²) in [7, 11) is 0. The van der Waals surface area contributed by atoms with Gasteiger partial charge in [-0.1, -0.05) is 27.2 Å². The number of rotatable bonds is 10. The Morgan fingerprint density at radius 2 is 1.69 bits per heavy atom. The van der Waals surface area contributed by atoms with Gasteiger partial charge in [-0.2, -0.15) is 0 Å². The lowest BCUT2D eigenvalue weighted by molar-refractivity contribution is 0.00819. The number of aliphatic hydroxyl groups excluding tert-OH is 2. The number of aliphatic hydroxyl groups is 2. The highest BCUT2D eigenvalue weighted by Gasteiger charge is 2.27. The molecule has 98 valence electrons. The summed E-state index contributed by atoms with van der Waals surface area (Å²) in [6.45, 7) is 7.92. The Bertz CT molecular complexity index is 153. The number of hydrogen-bond acceptors (Lipinski definition) is 3. The molecule has 0 saturated carbocycles. The normalized spacial score (nSPS) is 12.4. The van der Waals surface area contributed by atoms with Crippen molar-refractivity contribution < 1.29 is 14.9 Å². The van der Waals surface area contributed by atoms with Crippen LogP contribution in [0.3, 0.4) is 0 Å². The standard InChI is InChI=1S/C13H28O3/c1-4-6-13(10-14,11-15)7-9-16-8-5-12(2)3/h12,14-15H,4-11H2,1-3H3. The second-order valence-electron chi connectivity index (χ2n) is 5.11. The van der Waals surface area contributed by atoms with Crippen molar-refractivity contribution in [3.8, 4) is 0 Å². The van der Waals surface area contributed by atoms with Crippen LogP contribution in [0, 0.1) is 11.3 Å². The van der Waals surface area contributed by atoms with Gasteiger partial charge in [-0.05, 0) is 25.2 Å². The SMILES string of the molecule is CCCC(CO)(CO)CCOCCC(C)C. The lowest BCUT2D eigenvalue weighted by atomic mass is 9.82. The Morgan fingerprint density at radius 3 is 2.12 bits per heavy atom. The maximum absolute atomic E-state index is 9.34. The lowest BCUT2D eigenvalue weighted by Gasteiger charge is -2.29.